The van der Waals surface area contributed by atoms with E-state index in [4.69, 9.17) is 9.84 Å². The van der Waals surface area contributed by atoms with Crippen LogP contribution in [-0.2, 0) is 19.3 Å². The van der Waals surface area contributed by atoms with Gasteiger partial charge in [0.15, 0.2) is 0 Å². The monoisotopic (exact) mass is 442 g/mol. The van der Waals surface area contributed by atoms with Gasteiger partial charge in [0.1, 0.15) is 16.5 Å². The molecule has 3 heterocycles. The molecule has 0 fully saturated rings. The zero-order valence-corrected chi connectivity index (χ0v) is 18.5. The average molecular weight is 443 g/mol. The topological polar surface area (TPSA) is 81.0 Å². The number of methoxy groups -OCH3 is 1. The SMILES string of the molecule is COc1ccc(-c2cc(-c3nnc4sc(Cc5ccc6c(c5)CCCC6)nn34)[nH]n2)cc1. The smallest absolute Gasteiger partial charge is 0.235 e. The number of ether oxygens (including phenoxy) is 1. The summed E-state index contributed by atoms with van der Waals surface area (Å²) in [7, 11) is 1.66. The van der Waals surface area contributed by atoms with Gasteiger partial charge in [-0.25, -0.2) is 0 Å². The zero-order chi connectivity index (χ0) is 21.5. The first-order valence-corrected chi connectivity index (χ1v) is 11.6. The van der Waals surface area contributed by atoms with E-state index in [1.54, 1.807) is 18.4 Å². The molecule has 0 bridgehead atoms. The number of aromatic nitrogens is 6. The predicted molar refractivity (Wildman–Crippen MR) is 124 cm³/mol. The maximum atomic E-state index is 5.23. The maximum Gasteiger partial charge on any atom is 0.235 e. The Bertz CT molecular complexity index is 1400. The highest BCUT2D eigenvalue weighted by Crippen LogP contribution is 2.27. The van der Waals surface area contributed by atoms with Crippen molar-refractivity contribution in [1.29, 1.82) is 0 Å². The molecule has 0 spiro atoms. The molecule has 0 aliphatic heterocycles. The molecule has 3 aromatic heterocycles. The number of nitrogens with zero attached hydrogens (tertiary/aromatic N) is 5. The predicted octanol–water partition coefficient (Wildman–Crippen LogP) is 4.72. The molecule has 1 aliphatic rings. The van der Waals surface area contributed by atoms with E-state index in [9.17, 15) is 0 Å². The standard InChI is InChI=1S/C24H22N6OS/c1-31-19-10-8-17(9-11-19)20-14-21(26-25-20)23-27-28-24-30(23)29-22(32-24)13-15-6-7-16-4-2-3-5-18(16)12-15/h6-12,14H,2-5,13H2,1H3,(H,25,26). The van der Waals surface area contributed by atoms with Gasteiger partial charge in [0, 0.05) is 12.0 Å². The van der Waals surface area contributed by atoms with Crippen LogP contribution in [0.25, 0.3) is 27.7 Å². The highest BCUT2D eigenvalue weighted by atomic mass is 32.1. The molecule has 8 heteroatoms. The lowest BCUT2D eigenvalue weighted by atomic mass is 9.90. The van der Waals surface area contributed by atoms with Crippen molar-refractivity contribution >= 4 is 16.3 Å². The highest BCUT2D eigenvalue weighted by Gasteiger charge is 2.17. The van der Waals surface area contributed by atoms with Gasteiger partial charge in [0.05, 0.1) is 12.8 Å². The number of nitrogens with one attached hydrogen (secondary N) is 1. The summed E-state index contributed by atoms with van der Waals surface area (Å²) in [5, 5.41) is 22.0. The number of hydrogen-bond acceptors (Lipinski definition) is 6. The van der Waals surface area contributed by atoms with Gasteiger partial charge < -0.3 is 4.74 Å². The second-order valence-electron chi connectivity index (χ2n) is 8.10. The minimum Gasteiger partial charge on any atom is -0.497 e. The average Bonchev–Trinajstić information content (AvgIpc) is 3.55. The number of H-pyrrole nitrogens is 1. The summed E-state index contributed by atoms with van der Waals surface area (Å²) in [6.45, 7) is 0. The molecule has 1 N–H and O–H groups in total. The van der Waals surface area contributed by atoms with Gasteiger partial charge in [0.25, 0.3) is 0 Å². The second-order valence-corrected chi connectivity index (χ2v) is 9.14. The third-order valence-corrected chi connectivity index (χ3v) is 6.90. The second kappa shape index (κ2) is 7.87. The number of rotatable bonds is 5. The lowest BCUT2D eigenvalue weighted by molar-refractivity contribution is 0.415. The minimum atomic E-state index is 0.667. The van der Waals surface area contributed by atoms with Gasteiger partial charge in [-0.05, 0) is 72.7 Å². The summed E-state index contributed by atoms with van der Waals surface area (Å²) in [6.07, 6.45) is 5.80. The summed E-state index contributed by atoms with van der Waals surface area (Å²) >= 11 is 1.58. The molecule has 7 nitrogen and oxygen atoms in total. The van der Waals surface area contributed by atoms with Crippen LogP contribution in [0.3, 0.4) is 0 Å². The Balaban J connectivity index is 1.27. The molecule has 32 heavy (non-hydrogen) atoms. The van der Waals surface area contributed by atoms with Crippen molar-refractivity contribution in [2.75, 3.05) is 7.11 Å². The number of aromatic amines is 1. The maximum absolute atomic E-state index is 5.23. The fourth-order valence-corrected chi connectivity index (χ4v) is 5.18. The molecule has 160 valence electrons. The van der Waals surface area contributed by atoms with E-state index in [1.165, 1.54) is 42.4 Å². The Labute approximate surface area is 189 Å². The Morgan fingerprint density at radius 2 is 1.84 bits per heavy atom. The van der Waals surface area contributed by atoms with E-state index in [0.29, 0.717) is 5.82 Å². The van der Waals surface area contributed by atoms with Crippen molar-refractivity contribution in [2.45, 2.75) is 32.1 Å². The Kier molecular flexibility index (Phi) is 4.72. The molecule has 0 atom stereocenters. The quantitative estimate of drug-likeness (QED) is 0.426. The van der Waals surface area contributed by atoms with Crippen LogP contribution in [0.1, 0.15) is 34.5 Å². The summed E-state index contributed by atoms with van der Waals surface area (Å²) in [4.78, 5) is 0.786. The van der Waals surface area contributed by atoms with E-state index >= 15 is 0 Å². The van der Waals surface area contributed by atoms with Gasteiger partial charge in [-0.3, -0.25) is 5.10 Å². The number of fused-ring (bicyclic) bond motifs is 2. The molecule has 1 aliphatic carbocycles. The number of hydrogen-bond donors (Lipinski definition) is 1. The first kappa shape index (κ1) is 19.2. The molecule has 6 rings (SSSR count). The van der Waals surface area contributed by atoms with E-state index in [2.05, 4.69) is 38.6 Å². The van der Waals surface area contributed by atoms with Crippen LogP contribution in [0.5, 0.6) is 5.75 Å². The van der Waals surface area contributed by atoms with E-state index in [-0.39, 0.29) is 0 Å². The Hall–Kier alpha value is -3.52. The Morgan fingerprint density at radius 1 is 1.00 bits per heavy atom. The van der Waals surface area contributed by atoms with Crippen molar-refractivity contribution in [3.8, 4) is 28.5 Å². The fourth-order valence-electron chi connectivity index (χ4n) is 4.31. The van der Waals surface area contributed by atoms with Crippen LogP contribution in [0, 0.1) is 0 Å². The molecule has 0 unspecified atom stereocenters. The lowest BCUT2D eigenvalue weighted by Crippen LogP contribution is -2.03. The highest BCUT2D eigenvalue weighted by molar-refractivity contribution is 7.16. The van der Waals surface area contributed by atoms with Crippen molar-refractivity contribution in [1.82, 2.24) is 30.0 Å². The minimum absolute atomic E-state index is 0.667. The van der Waals surface area contributed by atoms with Gasteiger partial charge in [-0.15, -0.1) is 10.2 Å². The first-order chi connectivity index (χ1) is 15.8. The summed E-state index contributed by atoms with van der Waals surface area (Å²) in [5.41, 5.74) is 6.94. The summed E-state index contributed by atoms with van der Waals surface area (Å²) in [6, 6.07) is 16.7. The molecule has 0 amide bonds. The van der Waals surface area contributed by atoms with Gasteiger partial charge in [0.2, 0.25) is 10.8 Å². The molecule has 0 radical (unpaired) electrons. The molecular weight excluding hydrogens is 420 g/mol. The number of benzene rings is 2. The first-order valence-electron chi connectivity index (χ1n) is 10.8. The van der Waals surface area contributed by atoms with E-state index < -0.39 is 0 Å². The zero-order valence-electron chi connectivity index (χ0n) is 17.7. The third-order valence-electron chi connectivity index (χ3n) is 6.01. The van der Waals surface area contributed by atoms with Crippen molar-refractivity contribution < 1.29 is 4.74 Å². The molecule has 0 saturated heterocycles. The van der Waals surface area contributed by atoms with E-state index in [0.717, 1.165) is 39.1 Å². The van der Waals surface area contributed by atoms with Crippen LogP contribution in [-0.4, -0.2) is 37.1 Å². The lowest BCUT2D eigenvalue weighted by Gasteiger charge is -2.16. The molecular formula is C24H22N6OS. The van der Waals surface area contributed by atoms with Gasteiger partial charge in [-0.2, -0.15) is 14.7 Å². The number of aryl methyl sites for hydroxylation is 2. The van der Waals surface area contributed by atoms with Crippen LogP contribution in [0.2, 0.25) is 0 Å². The van der Waals surface area contributed by atoms with E-state index in [1.807, 2.05) is 34.8 Å². The van der Waals surface area contributed by atoms with Crippen LogP contribution in [0.15, 0.2) is 48.5 Å². The van der Waals surface area contributed by atoms with Gasteiger partial charge >= 0.3 is 0 Å². The van der Waals surface area contributed by atoms with Gasteiger partial charge in [-0.1, -0.05) is 29.5 Å². The Morgan fingerprint density at radius 3 is 2.69 bits per heavy atom. The van der Waals surface area contributed by atoms with Crippen molar-refractivity contribution in [3.05, 3.63) is 70.2 Å². The van der Waals surface area contributed by atoms with Crippen LogP contribution < -0.4 is 4.74 Å². The van der Waals surface area contributed by atoms with Crippen LogP contribution >= 0.6 is 11.3 Å². The van der Waals surface area contributed by atoms with Crippen LogP contribution in [0.4, 0.5) is 0 Å². The normalized spacial score (nSPS) is 13.4. The summed E-state index contributed by atoms with van der Waals surface area (Å²) in [5.74, 6) is 1.48. The largest absolute Gasteiger partial charge is 0.497 e. The third kappa shape index (κ3) is 3.46. The summed E-state index contributed by atoms with van der Waals surface area (Å²) < 4.78 is 7.04. The molecule has 5 aromatic rings. The fraction of sp³-hybridized carbons (Fsp3) is 0.250. The van der Waals surface area contributed by atoms with Crippen molar-refractivity contribution in [2.24, 2.45) is 0 Å². The molecule has 0 saturated carbocycles. The molecule has 2 aromatic carbocycles. The van der Waals surface area contributed by atoms with Crippen molar-refractivity contribution in [3.63, 3.8) is 0 Å².